The van der Waals surface area contributed by atoms with Crippen molar-refractivity contribution in [2.24, 2.45) is 0 Å². The molecule has 1 aliphatic heterocycles. The van der Waals surface area contributed by atoms with Crippen LogP contribution in [0.4, 0.5) is 5.69 Å². The standard InChI is InChI=1S/C16H25N3O2S2/c1-13-4-6-14(7-5-13)17-16(22)19(10-9-18(2)3)15-8-11-23(20,21)12-15/h4-7,15H,8-12H2,1-3H3,(H,17,22)/p+1/t15-/m0/s1. The molecule has 1 aromatic rings. The van der Waals surface area contributed by atoms with Gasteiger partial charge < -0.3 is 15.1 Å². The van der Waals surface area contributed by atoms with Crippen LogP contribution in [0.5, 0.6) is 0 Å². The average molecular weight is 357 g/mol. The van der Waals surface area contributed by atoms with Crippen molar-refractivity contribution in [1.29, 1.82) is 0 Å². The van der Waals surface area contributed by atoms with Crippen LogP contribution in [0.2, 0.25) is 0 Å². The van der Waals surface area contributed by atoms with Gasteiger partial charge in [0, 0.05) is 11.7 Å². The summed E-state index contributed by atoms with van der Waals surface area (Å²) in [6.45, 7) is 3.70. The van der Waals surface area contributed by atoms with Crippen molar-refractivity contribution in [2.45, 2.75) is 19.4 Å². The number of nitrogens with one attached hydrogen (secondary N) is 2. The fourth-order valence-electron chi connectivity index (χ4n) is 2.65. The van der Waals surface area contributed by atoms with Crippen molar-refractivity contribution in [3.05, 3.63) is 29.8 Å². The average Bonchev–Trinajstić information content (AvgIpc) is 2.81. The minimum absolute atomic E-state index is 0.0233. The third-order valence-electron chi connectivity index (χ3n) is 4.07. The van der Waals surface area contributed by atoms with E-state index in [4.69, 9.17) is 12.2 Å². The first-order valence-electron chi connectivity index (χ1n) is 7.90. The lowest BCUT2D eigenvalue weighted by Crippen LogP contribution is -3.06. The van der Waals surface area contributed by atoms with Crippen LogP contribution >= 0.6 is 12.2 Å². The van der Waals surface area contributed by atoms with Crippen LogP contribution in [0.25, 0.3) is 0 Å². The molecule has 2 N–H and O–H groups in total. The Morgan fingerprint density at radius 2 is 2.00 bits per heavy atom. The topological polar surface area (TPSA) is 53.9 Å². The minimum Gasteiger partial charge on any atom is -0.339 e. The number of thiocarbonyl (C=S) groups is 1. The summed E-state index contributed by atoms with van der Waals surface area (Å²) >= 11 is 5.56. The molecular formula is C16H26N3O2S2+. The van der Waals surface area contributed by atoms with Gasteiger partial charge in [-0.25, -0.2) is 8.42 Å². The molecule has 0 saturated carbocycles. The highest BCUT2D eigenvalue weighted by Gasteiger charge is 2.33. The number of quaternary nitrogens is 1. The molecule has 1 aliphatic rings. The fourth-order valence-corrected chi connectivity index (χ4v) is 4.74. The van der Waals surface area contributed by atoms with Gasteiger partial charge in [0.1, 0.15) is 0 Å². The predicted molar refractivity (Wildman–Crippen MR) is 98.8 cm³/mol. The predicted octanol–water partition coefficient (Wildman–Crippen LogP) is 0.325. The summed E-state index contributed by atoms with van der Waals surface area (Å²) < 4.78 is 23.6. The molecule has 1 fully saturated rings. The van der Waals surface area contributed by atoms with Gasteiger partial charge in [0.05, 0.1) is 38.7 Å². The summed E-state index contributed by atoms with van der Waals surface area (Å²) in [6.07, 6.45) is 0.654. The lowest BCUT2D eigenvalue weighted by molar-refractivity contribution is -0.857. The largest absolute Gasteiger partial charge is 0.339 e. The molecule has 7 heteroatoms. The molecule has 0 unspecified atom stereocenters. The summed E-state index contributed by atoms with van der Waals surface area (Å²) in [6, 6.07) is 8.01. The Morgan fingerprint density at radius 1 is 1.35 bits per heavy atom. The van der Waals surface area contributed by atoms with Gasteiger partial charge in [-0.15, -0.1) is 0 Å². The van der Waals surface area contributed by atoms with Crippen LogP contribution in [0.15, 0.2) is 24.3 Å². The summed E-state index contributed by atoms with van der Waals surface area (Å²) in [4.78, 5) is 3.36. The maximum absolute atomic E-state index is 11.8. The number of rotatable bonds is 5. The second kappa shape index (κ2) is 7.59. The quantitative estimate of drug-likeness (QED) is 0.745. The van der Waals surface area contributed by atoms with Crippen LogP contribution in [0.1, 0.15) is 12.0 Å². The minimum atomic E-state index is -2.93. The molecule has 2 rings (SSSR count). The van der Waals surface area contributed by atoms with Crippen LogP contribution in [0, 0.1) is 6.92 Å². The molecule has 0 aliphatic carbocycles. The normalized spacial score (nSPS) is 19.7. The maximum atomic E-state index is 11.8. The van der Waals surface area contributed by atoms with Crippen molar-refractivity contribution in [3.8, 4) is 0 Å². The molecular weight excluding hydrogens is 330 g/mol. The smallest absolute Gasteiger partial charge is 0.173 e. The fraction of sp³-hybridized carbons (Fsp3) is 0.562. The number of benzene rings is 1. The van der Waals surface area contributed by atoms with Crippen molar-refractivity contribution in [2.75, 3.05) is 44.0 Å². The number of hydrogen-bond acceptors (Lipinski definition) is 3. The van der Waals surface area contributed by atoms with Gasteiger partial charge >= 0.3 is 0 Å². The zero-order valence-corrected chi connectivity index (χ0v) is 15.6. The van der Waals surface area contributed by atoms with E-state index in [-0.39, 0.29) is 17.5 Å². The summed E-state index contributed by atoms with van der Waals surface area (Å²) in [5.74, 6) is 0.460. The second-order valence-electron chi connectivity index (χ2n) is 6.50. The van der Waals surface area contributed by atoms with Crippen molar-refractivity contribution in [3.63, 3.8) is 0 Å². The third kappa shape index (κ3) is 5.44. The van der Waals surface area contributed by atoms with E-state index < -0.39 is 9.84 Å². The molecule has 0 aromatic heterocycles. The number of nitrogens with zero attached hydrogens (tertiary/aromatic N) is 1. The number of sulfone groups is 1. The Hall–Kier alpha value is -1.18. The van der Waals surface area contributed by atoms with E-state index in [1.165, 1.54) is 10.5 Å². The maximum Gasteiger partial charge on any atom is 0.173 e. The lowest BCUT2D eigenvalue weighted by atomic mass is 10.2. The highest BCUT2D eigenvalue weighted by atomic mass is 32.2. The van der Waals surface area contributed by atoms with Crippen molar-refractivity contribution in [1.82, 2.24) is 4.90 Å². The van der Waals surface area contributed by atoms with Gasteiger partial charge in [-0.2, -0.15) is 0 Å². The summed E-state index contributed by atoms with van der Waals surface area (Å²) in [7, 11) is 1.24. The number of anilines is 1. The van der Waals surface area contributed by atoms with Crippen molar-refractivity contribution >= 4 is 32.9 Å². The van der Waals surface area contributed by atoms with Crippen molar-refractivity contribution < 1.29 is 13.3 Å². The molecule has 0 amide bonds. The van der Waals surface area contributed by atoms with E-state index in [2.05, 4.69) is 19.4 Å². The first-order valence-corrected chi connectivity index (χ1v) is 10.1. The van der Waals surface area contributed by atoms with E-state index in [0.717, 1.165) is 18.8 Å². The molecule has 5 nitrogen and oxygen atoms in total. The van der Waals surface area contributed by atoms with Crippen LogP contribution in [0.3, 0.4) is 0 Å². The summed E-state index contributed by atoms with van der Waals surface area (Å²) in [5.41, 5.74) is 2.13. The van der Waals surface area contributed by atoms with E-state index in [9.17, 15) is 8.42 Å². The van der Waals surface area contributed by atoms with E-state index >= 15 is 0 Å². The number of likely N-dealkylation sites (N-methyl/N-ethyl adjacent to an activating group) is 1. The highest BCUT2D eigenvalue weighted by Crippen LogP contribution is 2.19. The molecule has 0 spiro atoms. The molecule has 23 heavy (non-hydrogen) atoms. The molecule has 1 heterocycles. The molecule has 0 radical (unpaired) electrons. The lowest BCUT2D eigenvalue weighted by Gasteiger charge is -2.31. The first-order chi connectivity index (χ1) is 10.8. The Bertz CT molecular complexity index is 642. The number of hydrogen-bond donors (Lipinski definition) is 2. The SMILES string of the molecule is Cc1ccc(NC(=S)N(CC[NH+](C)C)[C@H]2CCS(=O)(=O)C2)cc1. The van der Waals surface area contributed by atoms with Gasteiger partial charge in [0.2, 0.25) is 0 Å². The third-order valence-corrected chi connectivity index (χ3v) is 6.15. The van der Waals surface area contributed by atoms with Gasteiger partial charge in [-0.3, -0.25) is 0 Å². The van der Waals surface area contributed by atoms with Gasteiger partial charge in [-0.05, 0) is 37.7 Å². The molecule has 0 bridgehead atoms. The van der Waals surface area contributed by atoms with Gasteiger partial charge in [-0.1, -0.05) is 17.7 Å². The molecule has 1 atom stereocenters. The molecule has 1 aromatic carbocycles. The summed E-state index contributed by atoms with van der Waals surface area (Å²) in [5, 5.41) is 3.86. The van der Waals surface area contributed by atoms with E-state index in [1.54, 1.807) is 0 Å². The van der Waals surface area contributed by atoms with Crippen LogP contribution in [-0.2, 0) is 9.84 Å². The number of aryl methyl sites for hydroxylation is 1. The van der Waals surface area contributed by atoms with Gasteiger partial charge in [0.25, 0.3) is 0 Å². The Kier molecular flexibility index (Phi) is 6.00. The van der Waals surface area contributed by atoms with Crippen LogP contribution in [-0.4, -0.2) is 63.2 Å². The Balaban J connectivity index is 2.09. The molecule has 128 valence electrons. The second-order valence-corrected chi connectivity index (χ2v) is 9.12. The van der Waals surface area contributed by atoms with Crippen LogP contribution < -0.4 is 10.2 Å². The van der Waals surface area contributed by atoms with Gasteiger partial charge in [0.15, 0.2) is 14.9 Å². The zero-order valence-electron chi connectivity index (χ0n) is 14.0. The zero-order chi connectivity index (χ0) is 17.0. The first kappa shape index (κ1) is 18.2. The monoisotopic (exact) mass is 356 g/mol. The molecule has 1 saturated heterocycles. The van der Waals surface area contributed by atoms with E-state index in [1.807, 2.05) is 36.1 Å². The Labute approximate surface area is 144 Å². The van der Waals surface area contributed by atoms with E-state index in [0.29, 0.717) is 11.5 Å². The highest BCUT2D eigenvalue weighted by molar-refractivity contribution is 7.91. The Morgan fingerprint density at radius 3 is 2.52 bits per heavy atom.